The average molecular weight is 489 g/mol. The third-order valence-corrected chi connectivity index (χ3v) is 7.97. The summed E-state index contributed by atoms with van der Waals surface area (Å²) in [5.41, 5.74) is 8.77. The first-order valence-corrected chi connectivity index (χ1v) is 13.0. The van der Waals surface area contributed by atoms with Gasteiger partial charge in [-0.15, -0.1) is 11.6 Å². The molecule has 6 N–H and O–H groups in total. The molecule has 33 heavy (non-hydrogen) atoms. The van der Waals surface area contributed by atoms with Crippen LogP contribution >= 0.6 is 11.6 Å². The molecule has 0 aromatic carbocycles. The van der Waals surface area contributed by atoms with Crippen molar-refractivity contribution in [3.8, 4) is 0 Å². The third kappa shape index (κ3) is 6.55. The molecule has 2 heterocycles. The first kappa shape index (κ1) is 25.1. The van der Waals surface area contributed by atoms with Gasteiger partial charge in [0.25, 0.3) is 0 Å². The molecule has 2 aliphatic heterocycles. The first-order chi connectivity index (χ1) is 16.0. The molecule has 8 unspecified atom stereocenters. The van der Waals surface area contributed by atoms with Gasteiger partial charge in [0.05, 0.1) is 17.7 Å². The summed E-state index contributed by atoms with van der Waals surface area (Å²) < 4.78 is 14.4. The van der Waals surface area contributed by atoms with E-state index in [0.717, 1.165) is 45.1 Å². The van der Waals surface area contributed by atoms with Crippen molar-refractivity contribution < 1.29 is 18.8 Å². The fraction of sp³-hybridized carbons (Fsp3) is 0.909. The predicted octanol–water partition coefficient (Wildman–Crippen LogP) is 1.15. The summed E-state index contributed by atoms with van der Waals surface area (Å²) in [5, 5.41) is 9.23. The Balaban J connectivity index is 1.07. The standard InChI is InChI=1S/C22H38ClFN6O3/c23-16-8-3-7-15(19(16)24)21-27-18(33-30-21)10-9-17(31)25-11-4-12-26-20-13-5-1-2-6-14(13)22(32)29-28-20/h13-16,18-21,26-28,30H,1-12H2,(H,25,31)(H,29,32). The van der Waals surface area contributed by atoms with Crippen molar-refractivity contribution in [1.29, 1.82) is 0 Å². The van der Waals surface area contributed by atoms with Crippen LogP contribution in [0, 0.1) is 17.8 Å². The molecule has 0 aromatic rings. The zero-order valence-corrected chi connectivity index (χ0v) is 19.8. The van der Waals surface area contributed by atoms with Crippen LogP contribution in [0.15, 0.2) is 0 Å². The quantitative estimate of drug-likeness (QED) is 0.213. The van der Waals surface area contributed by atoms with Gasteiger partial charge in [0.15, 0.2) is 0 Å². The second-order valence-corrected chi connectivity index (χ2v) is 10.3. The average Bonchev–Trinajstić information content (AvgIpc) is 3.29. The minimum atomic E-state index is -1.06. The number of carbonyl (C=O) groups is 2. The number of hydroxylamine groups is 1. The maximum absolute atomic E-state index is 14.4. The lowest BCUT2D eigenvalue weighted by Crippen LogP contribution is -2.64. The molecule has 188 valence electrons. The van der Waals surface area contributed by atoms with E-state index >= 15 is 0 Å². The number of halogens is 2. The summed E-state index contributed by atoms with van der Waals surface area (Å²) in [6.45, 7) is 1.34. The van der Waals surface area contributed by atoms with Crippen LogP contribution in [0.4, 0.5) is 4.39 Å². The van der Waals surface area contributed by atoms with Gasteiger partial charge in [-0.05, 0) is 45.1 Å². The van der Waals surface area contributed by atoms with Crippen molar-refractivity contribution in [2.45, 2.75) is 94.3 Å². The van der Waals surface area contributed by atoms with Crippen LogP contribution in [0.1, 0.15) is 64.2 Å². The molecular formula is C22H38ClFN6O3. The molecule has 4 fully saturated rings. The zero-order chi connectivity index (χ0) is 23.2. The summed E-state index contributed by atoms with van der Waals surface area (Å²) in [5.74, 6) is 0.293. The van der Waals surface area contributed by atoms with E-state index < -0.39 is 11.5 Å². The van der Waals surface area contributed by atoms with Crippen LogP contribution in [-0.4, -0.2) is 55.0 Å². The van der Waals surface area contributed by atoms with E-state index in [4.69, 9.17) is 16.4 Å². The summed E-state index contributed by atoms with van der Waals surface area (Å²) in [7, 11) is 0. The molecule has 4 rings (SSSR count). The van der Waals surface area contributed by atoms with Gasteiger partial charge in [-0.2, -0.15) is 5.48 Å². The number of carbonyl (C=O) groups excluding carboxylic acids is 2. The van der Waals surface area contributed by atoms with Gasteiger partial charge < -0.3 is 10.6 Å². The summed E-state index contributed by atoms with van der Waals surface area (Å²) in [6, 6.07) is 0. The Hall–Kier alpha value is -1.04. The van der Waals surface area contributed by atoms with Gasteiger partial charge in [0.1, 0.15) is 12.4 Å². The third-order valence-electron chi connectivity index (χ3n) is 7.51. The summed E-state index contributed by atoms with van der Waals surface area (Å²) >= 11 is 6.08. The topological polar surface area (TPSA) is 116 Å². The smallest absolute Gasteiger partial charge is 0.237 e. The second-order valence-electron chi connectivity index (χ2n) is 9.79. The van der Waals surface area contributed by atoms with E-state index in [1.807, 2.05) is 0 Å². The minimum Gasteiger partial charge on any atom is -0.356 e. The second kappa shape index (κ2) is 12.1. The molecule has 2 saturated carbocycles. The van der Waals surface area contributed by atoms with Gasteiger partial charge in [-0.3, -0.25) is 25.2 Å². The fourth-order valence-corrected chi connectivity index (χ4v) is 5.96. The minimum absolute atomic E-state index is 0.0268. The Morgan fingerprint density at radius 2 is 1.94 bits per heavy atom. The van der Waals surface area contributed by atoms with Crippen molar-refractivity contribution in [3.05, 3.63) is 0 Å². The summed E-state index contributed by atoms with van der Waals surface area (Å²) in [6.07, 6.45) is 6.77. The highest BCUT2D eigenvalue weighted by molar-refractivity contribution is 6.21. The predicted molar refractivity (Wildman–Crippen MR) is 122 cm³/mol. The molecule has 9 nitrogen and oxygen atoms in total. The number of alkyl halides is 2. The van der Waals surface area contributed by atoms with E-state index in [0.29, 0.717) is 31.7 Å². The highest BCUT2D eigenvalue weighted by atomic mass is 35.5. The Morgan fingerprint density at radius 1 is 1.12 bits per heavy atom. The van der Waals surface area contributed by atoms with Crippen molar-refractivity contribution in [2.24, 2.45) is 17.8 Å². The number of amides is 2. The Kier molecular flexibility index (Phi) is 9.18. The van der Waals surface area contributed by atoms with E-state index in [9.17, 15) is 14.0 Å². The van der Waals surface area contributed by atoms with Crippen molar-refractivity contribution in [3.63, 3.8) is 0 Å². The number of nitrogens with one attached hydrogen (secondary N) is 6. The maximum Gasteiger partial charge on any atom is 0.237 e. The number of hydrazine groups is 1. The Morgan fingerprint density at radius 3 is 2.82 bits per heavy atom. The molecule has 2 saturated heterocycles. The van der Waals surface area contributed by atoms with Crippen LogP contribution in [0.25, 0.3) is 0 Å². The monoisotopic (exact) mass is 488 g/mol. The van der Waals surface area contributed by atoms with Crippen molar-refractivity contribution in [2.75, 3.05) is 13.1 Å². The summed E-state index contributed by atoms with van der Waals surface area (Å²) in [4.78, 5) is 29.7. The fourth-order valence-electron chi connectivity index (χ4n) is 5.62. The van der Waals surface area contributed by atoms with E-state index in [1.54, 1.807) is 0 Å². The normalized spacial score (nSPS) is 39.0. The lowest BCUT2D eigenvalue weighted by molar-refractivity contribution is -0.134. The molecule has 0 radical (unpaired) electrons. The molecule has 8 atom stereocenters. The Bertz CT molecular complexity index is 676. The molecule has 11 heteroatoms. The number of fused-ring (bicyclic) bond motifs is 1. The number of hydrogen-bond acceptors (Lipinski definition) is 7. The van der Waals surface area contributed by atoms with Gasteiger partial charge in [-0.1, -0.05) is 19.3 Å². The van der Waals surface area contributed by atoms with Gasteiger partial charge in [0.2, 0.25) is 11.8 Å². The largest absolute Gasteiger partial charge is 0.356 e. The van der Waals surface area contributed by atoms with Crippen LogP contribution in [0.5, 0.6) is 0 Å². The molecule has 0 bridgehead atoms. The van der Waals surface area contributed by atoms with Gasteiger partial charge in [-0.25, -0.2) is 9.82 Å². The molecule has 4 aliphatic rings. The molecular weight excluding hydrogens is 451 g/mol. The number of rotatable bonds is 9. The van der Waals surface area contributed by atoms with Crippen LogP contribution in [0.2, 0.25) is 0 Å². The molecule has 0 aromatic heterocycles. The van der Waals surface area contributed by atoms with Gasteiger partial charge >= 0.3 is 0 Å². The van der Waals surface area contributed by atoms with Crippen molar-refractivity contribution in [1.82, 2.24) is 32.3 Å². The molecule has 2 amide bonds. The van der Waals surface area contributed by atoms with Crippen molar-refractivity contribution >= 4 is 23.4 Å². The molecule has 2 aliphatic carbocycles. The molecule has 0 spiro atoms. The SMILES string of the molecule is O=C(CCC1NC(C2CCCC(Cl)C2F)NO1)NCCCNC1NNC(=O)C2CCCCC12. The van der Waals surface area contributed by atoms with Crippen LogP contribution in [0.3, 0.4) is 0 Å². The Labute approximate surface area is 200 Å². The maximum atomic E-state index is 14.4. The zero-order valence-electron chi connectivity index (χ0n) is 19.1. The van der Waals surface area contributed by atoms with Gasteiger partial charge in [0, 0.05) is 30.7 Å². The van der Waals surface area contributed by atoms with Crippen LogP contribution in [-0.2, 0) is 14.4 Å². The van der Waals surface area contributed by atoms with Crippen LogP contribution < -0.4 is 32.3 Å². The van der Waals surface area contributed by atoms with E-state index in [-0.39, 0.29) is 42.2 Å². The highest BCUT2D eigenvalue weighted by Gasteiger charge is 2.41. The first-order valence-electron chi connectivity index (χ1n) is 12.5. The highest BCUT2D eigenvalue weighted by Crippen LogP contribution is 2.34. The lowest BCUT2D eigenvalue weighted by atomic mass is 9.76. The van der Waals surface area contributed by atoms with E-state index in [2.05, 4.69) is 32.3 Å². The van der Waals surface area contributed by atoms with E-state index in [1.165, 1.54) is 6.42 Å². The number of hydrogen-bond donors (Lipinski definition) is 6. The lowest BCUT2D eigenvalue weighted by Gasteiger charge is -2.41.